The van der Waals surface area contributed by atoms with Crippen LogP contribution in [-0.2, 0) is 6.42 Å². The van der Waals surface area contributed by atoms with E-state index < -0.39 is 23.7 Å². The van der Waals surface area contributed by atoms with Gasteiger partial charge in [-0.25, -0.2) is 13.6 Å². The molecular weight excluding hydrogens is 266 g/mol. The van der Waals surface area contributed by atoms with Crippen molar-refractivity contribution in [3.63, 3.8) is 0 Å². The van der Waals surface area contributed by atoms with Crippen LogP contribution in [0.15, 0.2) is 42.5 Å². The van der Waals surface area contributed by atoms with Crippen molar-refractivity contribution in [1.82, 2.24) is 0 Å². The van der Waals surface area contributed by atoms with Gasteiger partial charge in [0.1, 0.15) is 11.6 Å². The molecule has 0 radical (unpaired) electrons. The van der Waals surface area contributed by atoms with E-state index in [1.54, 1.807) is 18.2 Å². The average Bonchev–Trinajstić information content (AvgIpc) is 2.38. The Morgan fingerprint density at radius 2 is 1.85 bits per heavy atom. The van der Waals surface area contributed by atoms with Gasteiger partial charge in [0, 0.05) is 18.1 Å². The lowest BCUT2D eigenvalue weighted by Crippen LogP contribution is -2.09. The van der Waals surface area contributed by atoms with E-state index in [2.05, 4.69) is 0 Å². The fourth-order valence-electron chi connectivity index (χ4n) is 2.00. The van der Waals surface area contributed by atoms with E-state index in [1.165, 1.54) is 6.07 Å². The van der Waals surface area contributed by atoms with E-state index in [9.17, 15) is 18.7 Å². The minimum atomic E-state index is -1.24. The van der Waals surface area contributed by atoms with Gasteiger partial charge in [-0.2, -0.15) is 0 Å². The molecule has 0 aliphatic carbocycles. The van der Waals surface area contributed by atoms with Gasteiger partial charge >= 0.3 is 5.97 Å². The second kappa shape index (κ2) is 5.79. The van der Waals surface area contributed by atoms with Crippen molar-refractivity contribution in [2.24, 2.45) is 0 Å². The van der Waals surface area contributed by atoms with Gasteiger partial charge in [-0.05, 0) is 17.7 Å². The number of carboxylic acids is 1. The molecule has 1 unspecified atom stereocenters. The Hall–Kier alpha value is -2.27. The molecule has 0 heterocycles. The second-order valence-electron chi connectivity index (χ2n) is 4.35. The molecule has 5 heteroatoms. The summed E-state index contributed by atoms with van der Waals surface area (Å²) in [4.78, 5) is 11.0. The third-order valence-electron chi connectivity index (χ3n) is 2.98. The quantitative estimate of drug-likeness (QED) is 0.904. The maximum atomic E-state index is 13.5. The Balaban J connectivity index is 2.28. The molecule has 1 atom stereocenters. The highest BCUT2D eigenvalue weighted by Gasteiger charge is 2.17. The summed E-state index contributed by atoms with van der Waals surface area (Å²) in [7, 11) is 0. The van der Waals surface area contributed by atoms with E-state index in [0.29, 0.717) is 11.6 Å². The van der Waals surface area contributed by atoms with Crippen molar-refractivity contribution in [3.8, 4) is 0 Å². The fourth-order valence-corrected chi connectivity index (χ4v) is 2.00. The van der Waals surface area contributed by atoms with Crippen molar-refractivity contribution >= 4 is 5.97 Å². The summed E-state index contributed by atoms with van der Waals surface area (Å²) in [6.45, 7) is 0. The van der Waals surface area contributed by atoms with Crippen LogP contribution in [-0.4, -0.2) is 16.2 Å². The molecule has 0 aliphatic heterocycles. The summed E-state index contributed by atoms with van der Waals surface area (Å²) in [6, 6.07) is 9.04. The summed E-state index contributed by atoms with van der Waals surface area (Å²) in [5, 5.41) is 19.0. The third-order valence-corrected chi connectivity index (χ3v) is 2.98. The third kappa shape index (κ3) is 3.00. The van der Waals surface area contributed by atoms with E-state index in [4.69, 9.17) is 5.11 Å². The standard InChI is InChI=1S/C15H12F2O3/c16-10-5-6-12(13(17)8-10)14(18)7-9-3-1-2-4-11(9)15(19)20/h1-6,8,14,18H,7H2,(H,19,20). The minimum absolute atomic E-state index is 0.0501. The Labute approximate surface area is 114 Å². The smallest absolute Gasteiger partial charge is 0.335 e. The molecule has 0 aromatic heterocycles. The van der Waals surface area contributed by atoms with Gasteiger partial charge in [0.2, 0.25) is 0 Å². The molecule has 2 aromatic carbocycles. The second-order valence-corrected chi connectivity index (χ2v) is 4.35. The molecule has 0 fully saturated rings. The zero-order valence-electron chi connectivity index (χ0n) is 10.4. The van der Waals surface area contributed by atoms with Crippen LogP contribution in [0.3, 0.4) is 0 Å². The van der Waals surface area contributed by atoms with Gasteiger partial charge in [-0.3, -0.25) is 0 Å². The highest BCUT2D eigenvalue weighted by Crippen LogP contribution is 2.23. The van der Waals surface area contributed by atoms with E-state index >= 15 is 0 Å². The van der Waals surface area contributed by atoms with Crippen LogP contribution >= 0.6 is 0 Å². The molecule has 2 aromatic rings. The summed E-state index contributed by atoms with van der Waals surface area (Å²) >= 11 is 0. The highest BCUT2D eigenvalue weighted by atomic mass is 19.1. The predicted molar refractivity (Wildman–Crippen MR) is 68.4 cm³/mol. The number of hydrogen-bond acceptors (Lipinski definition) is 2. The first-order chi connectivity index (χ1) is 9.49. The number of aliphatic hydroxyl groups is 1. The van der Waals surface area contributed by atoms with E-state index in [-0.39, 0.29) is 17.5 Å². The van der Waals surface area contributed by atoms with Crippen LogP contribution in [0, 0.1) is 11.6 Å². The van der Waals surface area contributed by atoms with Crippen molar-refractivity contribution < 1.29 is 23.8 Å². The normalized spacial score (nSPS) is 12.2. The van der Waals surface area contributed by atoms with E-state index in [1.807, 2.05) is 0 Å². The topological polar surface area (TPSA) is 57.5 Å². The number of carbonyl (C=O) groups is 1. The number of benzene rings is 2. The molecule has 0 saturated heterocycles. The maximum Gasteiger partial charge on any atom is 0.335 e. The number of hydrogen-bond donors (Lipinski definition) is 2. The van der Waals surface area contributed by atoms with Gasteiger partial charge in [0.05, 0.1) is 11.7 Å². The Morgan fingerprint density at radius 3 is 2.50 bits per heavy atom. The molecule has 0 amide bonds. The maximum absolute atomic E-state index is 13.5. The van der Waals surface area contributed by atoms with Crippen LogP contribution < -0.4 is 0 Å². The zero-order chi connectivity index (χ0) is 14.7. The van der Waals surface area contributed by atoms with Crippen LogP contribution in [0.2, 0.25) is 0 Å². The zero-order valence-corrected chi connectivity index (χ0v) is 10.4. The fraction of sp³-hybridized carbons (Fsp3) is 0.133. The van der Waals surface area contributed by atoms with Gasteiger partial charge in [-0.1, -0.05) is 24.3 Å². The molecule has 2 rings (SSSR count). The lowest BCUT2D eigenvalue weighted by molar-refractivity contribution is 0.0694. The lowest BCUT2D eigenvalue weighted by atomic mass is 9.97. The summed E-state index contributed by atoms with van der Waals surface area (Å²) < 4.78 is 26.4. The molecule has 3 nitrogen and oxygen atoms in total. The SMILES string of the molecule is O=C(O)c1ccccc1CC(O)c1ccc(F)cc1F. The summed E-state index contributed by atoms with van der Waals surface area (Å²) in [5.41, 5.74) is 0.372. The summed E-state index contributed by atoms with van der Waals surface area (Å²) in [5.74, 6) is -2.71. The molecule has 2 N–H and O–H groups in total. The number of carboxylic acid groups (broad SMARTS) is 1. The predicted octanol–water partition coefficient (Wildman–Crippen LogP) is 2.94. The molecule has 0 aliphatic rings. The summed E-state index contributed by atoms with van der Waals surface area (Å²) in [6.07, 6.45) is -1.30. The molecular formula is C15H12F2O3. The van der Waals surface area contributed by atoms with Crippen LogP contribution in [0.4, 0.5) is 8.78 Å². The lowest BCUT2D eigenvalue weighted by Gasteiger charge is -2.13. The molecule has 0 saturated carbocycles. The first-order valence-electron chi connectivity index (χ1n) is 5.93. The monoisotopic (exact) mass is 278 g/mol. The van der Waals surface area contributed by atoms with Crippen LogP contribution in [0.1, 0.15) is 27.6 Å². The highest BCUT2D eigenvalue weighted by molar-refractivity contribution is 5.89. The van der Waals surface area contributed by atoms with Gasteiger partial charge < -0.3 is 10.2 Å². The van der Waals surface area contributed by atoms with E-state index in [0.717, 1.165) is 12.1 Å². The number of rotatable bonds is 4. The Kier molecular flexibility index (Phi) is 4.10. The number of aromatic carboxylic acids is 1. The number of halogens is 2. The van der Waals surface area contributed by atoms with Gasteiger partial charge in [0.25, 0.3) is 0 Å². The average molecular weight is 278 g/mol. The Morgan fingerprint density at radius 1 is 1.15 bits per heavy atom. The Bertz CT molecular complexity index is 641. The van der Waals surface area contributed by atoms with Crippen molar-refractivity contribution in [2.75, 3.05) is 0 Å². The van der Waals surface area contributed by atoms with Gasteiger partial charge in [0.15, 0.2) is 0 Å². The number of aliphatic hydroxyl groups excluding tert-OH is 1. The van der Waals surface area contributed by atoms with Crippen molar-refractivity contribution in [1.29, 1.82) is 0 Å². The minimum Gasteiger partial charge on any atom is -0.478 e. The van der Waals surface area contributed by atoms with Crippen molar-refractivity contribution in [2.45, 2.75) is 12.5 Å². The molecule has 104 valence electrons. The molecule has 20 heavy (non-hydrogen) atoms. The first kappa shape index (κ1) is 14.1. The molecule has 0 bridgehead atoms. The molecule has 0 spiro atoms. The van der Waals surface area contributed by atoms with Crippen molar-refractivity contribution in [3.05, 3.63) is 70.8 Å². The van der Waals surface area contributed by atoms with Crippen LogP contribution in [0.25, 0.3) is 0 Å². The largest absolute Gasteiger partial charge is 0.478 e. The van der Waals surface area contributed by atoms with Crippen LogP contribution in [0.5, 0.6) is 0 Å². The first-order valence-corrected chi connectivity index (χ1v) is 5.93. The van der Waals surface area contributed by atoms with Gasteiger partial charge in [-0.15, -0.1) is 0 Å².